The fraction of sp³-hybridized carbons (Fsp3) is 0.238. The maximum atomic E-state index is 11.0. The first-order valence-corrected chi connectivity index (χ1v) is 9.08. The molecule has 1 N–H and O–H groups in total. The SMILES string of the molecule is O=C(O)c1ccc(N2CCN(Cc3cncn3-c3ccccc3)CC2)cc1. The van der Waals surface area contributed by atoms with E-state index in [1.54, 1.807) is 12.1 Å². The fourth-order valence-corrected chi connectivity index (χ4v) is 3.47. The lowest BCUT2D eigenvalue weighted by Crippen LogP contribution is -2.46. The second-order valence-electron chi connectivity index (χ2n) is 6.71. The number of rotatable bonds is 5. The molecule has 1 aromatic heterocycles. The molecule has 1 aliphatic heterocycles. The predicted molar refractivity (Wildman–Crippen MR) is 104 cm³/mol. The van der Waals surface area contributed by atoms with Gasteiger partial charge in [0.25, 0.3) is 0 Å². The zero-order chi connectivity index (χ0) is 18.6. The van der Waals surface area contributed by atoms with Crippen molar-refractivity contribution in [2.75, 3.05) is 31.1 Å². The first-order chi connectivity index (χ1) is 13.2. The van der Waals surface area contributed by atoms with Crippen molar-refractivity contribution in [1.82, 2.24) is 14.5 Å². The number of anilines is 1. The van der Waals surface area contributed by atoms with Crippen LogP contribution in [0.25, 0.3) is 5.69 Å². The summed E-state index contributed by atoms with van der Waals surface area (Å²) in [5, 5.41) is 9.02. The Morgan fingerprint density at radius 2 is 1.63 bits per heavy atom. The zero-order valence-corrected chi connectivity index (χ0v) is 15.0. The molecule has 2 aromatic carbocycles. The van der Waals surface area contributed by atoms with Gasteiger partial charge >= 0.3 is 5.97 Å². The Balaban J connectivity index is 1.38. The summed E-state index contributed by atoms with van der Waals surface area (Å²) in [5.74, 6) is -0.888. The molecular formula is C21H22N4O2. The largest absolute Gasteiger partial charge is 0.478 e. The minimum absolute atomic E-state index is 0.326. The van der Waals surface area contributed by atoms with Crippen molar-refractivity contribution in [1.29, 1.82) is 0 Å². The Morgan fingerprint density at radius 3 is 2.30 bits per heavy atom. The first kappa shape index (κ1) is 17.3. The highest BCUT2D eigenvalue weighted by Crippen LogP contribution is 2.19. The molecular weight excluding hydrogens is 340 g/mol. The van der Waals surface area contributed by atoms with E-state index in [1.165, 1.54) is 5.69 Å². The van der Waals surface area contributed by atoms with Crippen LogP contribution >= 0.6 is 0 Å². The second-order valence-corrected chi connectivity index (χ2v) is 6.71. The Bertz CT molecular complexity index is 897. The van der Waals surface area contributed by atoms with E-state index >= 15 is 0 Å². The average Bonchev–Trinajstić information content (AvgIpc) is 3.17. The van der Waals surface area contributed by atoms with Crippen molar-refractivity contribution in [3.8, 4) is 5.69 Å². The first-order valence-electron chi connectivity index (χ1n) is 9.08. The lowest BCUT2D eigenvalue weighted by molar-refractivity contribution is 0.0697. The van der Waals surface area contributed by atoms with Crippen LogP contribution in [0, 0.1) is 0 Å². The monoisotopic (exact) mass is 362 g/mol. The number of carboxylic acid groups (broad SMARTS) is 1. The van der Waals surface area contributed by atoms with Crippen molar-refractivity contribution < 1.29 is 9.90 Å². The summed E-state index contributed by atoms with van der Waals surface area (Å²) in [6.45, 7) is 4.62. The van der Waals surface area contributed by atoms with Gasteiger partial charge in [0.05, 0.1) is 17.6 Å². The Hall–Kier alpha value is -3.12. The van der Waals surface area contributed by atoms with Crippen molar-refractivity contribution in [3.05, 3.63) is 78.4 Å². The number of benzene rings is 2. The molecule has 1 saturated heterocycles. The van der Waals surface area contributed by atoms with Crippen molar-refractivity contribution in [2.24, 2.45) is 0 Å². The van der Waals surface area contributed by atoms with E-state index in [0.29, 0.717) is 5.56 Å². The molecule has 1 aliphatic rings. The minimum Gasteiger partial charge on any atom is -0.478 e. The summed E-state index contributed by atoms with van der Waals surface area (Å²) in [7, 11) is 0. The van der Waals surface area contributed by atoms with Crippen molar-refractivity contribution >= 4 is 11.7 Å². The van der Waals surface area contributed by atoms with Crippen LogP contribution in [-0.2, 0) is 6.54 Å². The summed E-state index contributed by atoms with van der Waals surface area (Å²) in [5.41, 5.74) is 3.71. The number of hydrogen-bond donors (Lipinski definition) is 1. The summed E-state index contributed by atoms with van der Waals surface area (Å²) in [6, 6.07) is 17.4. The molecule has 0 spiro atoms. The number of para-hydroxylation sites is 1. The number of piperazine rings is 1. The van der Waals surface area contributed by atoms with E-state index < -0.39 is 5.97 Å². The lowest BCUT2D eigenvalue weighted by atomic mass is 10.2. The summed E-state index contributed by atoms with van der Waals surface area (Å²) in [4.78, 5) is 20.0. The highest BCUT2D eigenvalue weighted by atomic mass is 16.4. The molecule has 138 valence electrons. The Kier molecular flexibility index (Phi) is 4.89. The number of hydrogen-bond acceptors (Lipinski definition) is 4. The van der Waals surface area contributed by atoms with E-state index in [-0.39, 0.29) is 0 Å². The van der Waals surface area contributed by atoms with Gasteiger partial charge in [-0.3, -0.25) is 4.90 Å². The molecule has 0 aliphatic carbocycles. The van der Waals surface area contributed by atoms with Crippen LogP contribution in [0.15, 0.2) is 67.1 Å². The van der Waals surface area contributed by atoms with Crippen LogP contribution in [0.2, 0.25) is 0 Å². The topological polar surface area (TPSA) is 61.6 Å². The number of aromatic nitrogens is 2. The molecule has 1 fully saturated rings. The number of nitrogens with zero attached hydrogens (tertiary/aromatic N) is 4. The third-order valence-corrected chi connectivity index (χ3v) is 4.99. The normalized spacial score (nSPS) is 15.0. The standard InChI is InChI=1S/C21H22N4O2/c26-21(27)17-6-8-18(9-7-17)24-12-10-23(11-13-24)15-20-14-22-16-25(20)19-4-2-1-3-5-19/h1-9,14,16H,10-13,15H2,(H,26,27). The highest BCUT2D eigenvalue weighted by Gasteiger charge is 2.19. The number of carboxylic acids is 1. The van der Waals surface area contributed by atoms with E-state index in [2.05, 4.69) is 31.5 Å². The van der Waals surface area contributed by atoms with Crippen molar-refractivity contribution in [3.63, 3.8) is 0 Å². The van der Waals surface area contributed by atoms with Crippen LogP contribution < -0.4 is 4.90 Å². The van der Waals surface area contributed by atoms with Gasteiger partial charge < -0.3 is 14.6 Å². The smallest absolute Gasteiger partial charge is 0.335 e. The van der Waals surface area contributed by atoms with Crippen LogP contribution in [0.1, 0.15) is 16.1 Å². The molecule has 27 heavy (non-hydrogen) atoms. The molecule has 2 heterocycles. The van der Waals surface area contributed by atoms with Gasteiger partial charge in [0.15, 0.2) is 0 Å². The third-order valence-electron chi connectivity index (χ3n) is 4.99. The maximum Gasteiger partial charge on any atom is 0.335 e. The zero-order valence-electron chi connectivity index (χ0n) is 15.0. The summed E-state index contributed by atoms with van der Waals surface area (Å²) < 4.78 is 2.14. The van der Waals surface area contributed by atoms with Gasteiger partial charge in [0.1, 0.15) is 0 Å². The highest BCUT2D eigenvalue weighted by molar-refractivity contribution is 5.88. The third kappa shape index (κ3) is 3.85. The molecule has 3 aromatic rings. The fourth-order valence-electron chi connectivity index (χ4n) is 3.47. The molecule has 6 nitrogen and oxygen atoms in total. The van der Waals surface area contributed by atoms with E-state index in [9.17, 15) is 4.79 Å². The van der Waals surface area contributed by atoms with E-state index in [0.717, 1.165) is 44.1 Å². The molecule has 0 radical (unpaired) electrons. The van der Waals surface area contributed by atoms with Gasteiger partial charge in [-0.15, -0.1) is 0 Å². The van der Waals surface area contributed by atoms with Crippen LogP contribution in [-0.4, -0.2) is 51.7 Å². The maximum absolute atomic E-state index is 11.0. The number of imidazole rings is 1. The van der Waals surface area contributed by atoms with E-state index in [4.69, 9.17) is 5.11 Å². The average molecular weight is 362 g/mol. The Morgan fingerprint density at radius 1 is 0.926 bits per heavy atom. The van der Waals surface area contributed by atoms with Gasteiger partial charge in [-0.2, -0.15) is 0 Å². The second kappa shape index (κ2) is 7.63. The molecule has 0 saturated carbocycles. The molecule has 4 rings (SSSR count). The molecule has 6 heteroatoms. The molecule has 0 amide bonds. The van der Waals surface area contributed by atoms with Crippen molar-refractivity contribution in [2.45, 2.75) is 6.54 Å². The summed E-state index contributed by atoms with van der Waals surface area (Å²) >= 11 is 0. The minimum atomic E-state index is -0.888. The van der Waals surface area contributed by atoms with Crippen LogP contribution in [0.5, 0.6) is 0 Å². The van der Waals surface area contributed by atoms with Gasteiger partial charge in [-0.1, -0.05) is 18.2 Å². The number of carbonyl (C=O) groups is 1. The molecule has 0 unspecified atom stereocenters. The number of aromatic carboxylic acids is 1. The summed E-state index contributed by atoms with van der Waals surface area (Å²) in [6.07, 6.45) is 3.80. The van der Waals surface area contributed by atoms with E-state index in [1.807, 2.05) is 42.9 Å². The molecule has 0 bridgehead atoms. The van der Waals surface area contributed by atoms with Gasteiger partial charge in [-0.25, -0.2) is 9.78 Å². The van der Waals surface area contributed by atoms with Gasteiger partial charge in [0, 0.05) is 50.3 Å². The molecule has 0 atom stereocenters. The Labute approximate surface area is 158 Å². The quantitative estimate of drug-likeness (QED) is 0.756. The van der Waals surface area contributed by atoms with Gasteiger partial charge in [-0.05, 0) is 36.4 Å². The van der Waals surface area contributed by atoms with Gasteiger partial charge in [0.2, 0.25) is 0 Å². The van der Waals surface area contributed by atoms with Crippen LogP contribution in [0.3, 0.4) is 0 Å². The predicted octanol–water partition coefficient (Wildman–Crippen LogP) is 2.89. The van der Waals surface area contributed by atoms with Crippen LogP contribution in [0.4, 0.5) is 5.69 Å². The lowest BCUT2D eigenvalue weighted by Gasteiger charge is -2.36.